The number of benzene rings is 1. The Labute approximate surface area is 126 Å². The highest BCUT2D eigenvalue weighted by Crippen LogP contribution is 2.19. The van der Waals surface area contributed by atoms with Crippen LogP contribution in [0.15, 0.2) is 29.2 Å². The Morgan fingerprint density at radius 1 is 1.20 bits per heavy atom. The summed E-state index contributed by atoms with van der Waals surface area (Å²) in [6.07, 6.45) is 0. The molecule has 1 aromatic carbocycles. The second-order valence-electron chi connectivity index (χ2n) is 5.31. The first-order valence-electron chi connectivity index (χ1n) is 6.76. The van der Waals surface area contributed by atoms with E-state index in [1.54, 1.807) is 0 Å². The van der Waals surface area contributed by atoms with E-state index < -0.39 is 10.0 Å². The summed E-state index contributed by atoms with van der Waals surface area (Å²) in [7, 11) is -3.18. The van der Waals surface area contributed by atoms with E-state index in [4.69, 9.17) is 5.73 Å². The molecule has 0 aliphatic rings. The maximum Gasteiger partial charge on any atom is 0.212 e. The fourth-order valence-corrected chi connectivity index (χ4v) is 3.84. The molecule has 0 aliphatic heterocycles. The number of nitrogen functional groups attached to an aromatic ring is 1. The number of nitrogens with one attached hydrogen (secondary N) is 1. The molecular weight excluding hydrogens is 292 g/mol. The van der Waals surface area contributed by atoms with Crippen LogP contribution in [0.25, 0.3) is 0 Å². The molecule has 0 aromatic heterocycles. The third-order valence-corrected chi connectivity index (χ3v) is 5.88. The van der Waals surface area contributed by atoms with Crippen molar-refractivity contribution in [1.82, 2.24) is 4.72 Å². The molecule has 1 aromatic rings. The summed E-state index contributed by atoms with van der Waals surface area (Å²) >= 11 is 1.52. The van der Waals surface area contributed by atoms with Crippen LogP contribution in [0.1, 0.15) is 20.8 Å². The lowest BCUT2D eigenvalue weighted by molar-refractivity contribution is 0.415. The quantitative estimate of drug-likeness (QED) is 0.571. The van der Waals surface area contributed by atoms with E-state index in [0.717, 1.165) is 4.90 Å². The molecule has 1 unspecified atom stereocenters. The van der Waals surface area contributed by atoms with Gasteiger partial charge in [-0.3, -0.25) is 0 Å². The Kier molecular flexibility index (Phi) is 6.85. The van der Waals surface area contributed by atoms with Crippen molar-refractivity contribution >= 4 is 27.5 Å². The van der Waals surface area contributed by atoms with Crippen LogP contribution in [-0.2, 0) is 10.0 Å². The second-order valence-corrected chi connectivity index (χ2v) is 8.40. The van der Waals surface area contributed by atoms with Crippen molar-refractivity contribution in [3.63, 3.8) is 0 Å². The van der Waals surface area contributed by atoms with Gasteiger partial charge in [-0.2, -0.15) is 0 Å². The molecule has 0 aliphatic carbocycles. The van der Waals surface area contributed by atoms with Crippen molar-refractivity contribution in [3.8, 4) is 0 Å². The maximum absolute atomic E-state index is 11.9. The fourth-order valence-electron chi connectivity index (χ4n) is 1.40. The third-order valence-electron chi connectivity index (χ3n) is 3.26. The molecule has 0 spiro atoms. The van der Waals surface area contributed by atoms with Crippen LogP contribution < -0.4 is 10.5 Å². The van der Waals surface area contributed by atoms with E-state index in [1.807, 2.05) is 24.3 Å². The molecule has 0 saturated carbocycles. The highest BCUT2D eigenvalue weighted by Gasteiger charge is 2.13. The van der Waals surface area contributed by atoms with Gasteiger partial charge in [0.25, 0.3) is 0 Å². The largest absolute Gasteiger partial charge is 0.399 e. The minimum absolute atomic E-state index is 0.132. The first kappa shape index (κ1) is 17.3. The number of hydrogen-bond acceptors (Lipinski definition) is 4. The summed E-state index contributed by atoms with van der Waals surface area (Å²) < 4.78 is 26.4. The standard InChI is InChI=1S/C14H24N2O2S2/c1-11(2)12(3)10-16-20(17,18)9-8-19-14-6-4-13(15)5-7-14/h4-7,11-12,16H,8-10,15H2,1-3H3. The van der Waals surface area contributed by atoms with Gasteiger partial charge in [-0.15, -0.1) is 11.8 Å². The average molecular weight is 316 g/mol. The SMILES string of the molecule is CC(C)C(C)CNS(=O)(=O)CCSc1ccc(N)cc1. The van der Waals surface area contributed by atoms with Crippen molar-refractivity contribution in [2.75, 3.05) is 23.8 Å². The Bertz CT molecular complexity index is 498. The van der Waals surface area contributed by atoms with Crippen LogP contribution in [0.3, 0.4) is 0 Å². The molecular formula is C14H24N2O2S2. The number of nitrogens with two attached hydrogens (primary N) is 1. The topological polar surface area (TPSA) is 72.2 Å². The van der Waals surface area contributed by atoms with Crippen LogP contribution >= 0.6 is 11.8 Å². The van der Waals surface area contributed by atoms with Crippen molar-refractivity contribution in [3.05, 3.63) is 24.3 Å². The summed E-state index contributed by atoms with van der Waals surface area (Å²) in [4.78, 5) is 1.03. The molecule has 0 amide bonds. The molecule has 114 valence electrons. The molecule has 4 nitrogen and oxygen atoms in total. The molecule has 0 bridgehead atoms. The minimum Gasteiger partial charge on any atom is -0.399 e. The van der Waals surface area contributed by atoms with Crippen molar-refractivity contribution in [2.24, 2.45) is 11.8 Å². The van der Waals surface area contributed by atoms with Gasteiger partial charge in [0.15, 0.2) is 0 Å². The molecule has 0 fully saturated rings. The summed E-state index contributed by atoms with van der Waals surface area (Å²) in [5, 5.41) is 0. The summed E-state index contributed by atoms with van der Waals surface area (Å²) in [6, 6.07) is 7.45. The Morgan fingerprint density at radius 2 is 1.80 bits per heavy atom. The summed E-state index contributed by atoms with van der Waals surface area (Å²) in [5.74, 6) is 1.48. The van der Waals surface area contributed by atoms with Crippen LogP contribution in [0.2, 0.25) is 0 Å². The van der Waals surface area contributed by atoms with Gasteiger partial charge < -0.3 is 5.73 Å². The lowest BCUT2D eigenvalue weighted by Crippen LogP contribution is -2.32. The van der Waals surface area contributed by atoms with Crippen molar-refractivity contribution < 1.29 is 8.42 Å². The van der Waals surface area contributed by atoms with Crippen LogP contribution in [0, 0.1) is 11.8 Å². The molecule has 1 atom stereocenters. The number of sulfonamides is 1. The predicted octanol–water partition coefficient (Wildman–Crippen LogP) is 2.57. The number of thioether (sulfide) groups is 1. The van der Waals surface area contributed by atoms with E-state index in [1.165, 1.54) is 11.8 Å². The van der Waals surface area contributed by atoms with Crippen LogP contribution in [-0.4, -0.2) is 26.5 Å². The highest BCUT2D eigenvalue weighted by atomic mass is 32.2. The lowest BCUT2D eigenvalue weighted by Gasteiger charge is -2.16. The Balaban J connectivity index is 2.34. The van der Waals surface area contributed by atoms with Gasteiger partial charge in [-0.1, -0.05) is 20.8 Å². The first-order chi connectivity index (χ1) is 9.30. The van der Waals surface area contributed by atoms with E-state index >= 15 is 0 Å². The van der Waals surface area contributed by atoms with Crippen LogP contribution in [0.4, 0.5) is 5.69 Å². The Hall–Kier alpha value is -0.720. The molecule has 20 heavy (non-hydrogen) atoms. The van der Waals surface area contributed by atoms with Gasteiger partial charge in [0.1, 0.15) is 0 Å². The maximum atomic E-state index is 11.9. The second kappa shape index (κ2) is 7.90. The fraction of sp³-hybridized carbons (Fsp3) is 0.571. The molecule has 0 heterocycles. The van der Waals surface area contributed by atoms with Crippen LogP contribution in [0.5, 0.6) is 0 Å². The van der Waals surface area contributed by atoms with Gasteiger partial charge >= 0.3 is 0 Å². The zero-order valence-electron chi connectivity index (χ0n) is 12.3. The van der Waals surface area contributed by atoms with Crippen molar-refractivity contribution in [1.29, 1.82) is 0 Å². The van der Waals surface area contributed by atoms with E-state index in [-0.39, 0.29) is 5.75 Å². The van der Waals surface area contributed by atoms with Gasteiger partial charge in [0.05, 0.1) is 5.75 Å². The van der Waals surface area contributed by atoms with E-state index in [9.17, 15) is 8.42 Å². The van der Waals surface area contributed by atoms with Gasteiger partial charge in [-0.25, -0.2) is 13.1 Å². The average Bonchev–Trinajstić information content (AvgIpc) is 2.38. The number of anilines is 1. The smallest absolute Gasteiger partial charge is 0.212 e. The molecule has 3 N–H and O–H groups in total. The van der Waals surface area contributed by atoms with Gasteiger partial charge in [0, 0.05) is 22.9 Å². The summed E-state index contributed by atoms with van der Waals surface area (Å²) in [5.41, 5.74) is 6.32. The monoisotopic (exact) mass is 316 g/mol. The first-order valence-corrected chi connectivity index (χ1v) is 9.39. The lowest BCUT2D eigenvalue weighted by atomic mass is 9.99. The summed E-state index contributed by atoms with van der Waals surface area (Å²) in [6.45, 7) is 6.74. The van der Waals surface area contributed by atoms with Gasteiger partial charge in [-0.05, 0) is 36.1 Å². The van der Waals surface area contributed by atoms with Gasteiger partial charge in [0.2, 0.25) is 10.0 Å². The number of hydrogen-bond donors (Lipinski definition) is 2. The number of rotatable bonds is 8. The normalized spacial score (nSPS) is 13.6. The molecule has 0 radical (unpaired) electrons. The molecule has 6 heteroatoms. The molecule has 0 saturated heterocycles. The Morgan fingerprint density at radius 3 is 2.35 bits per heavy atom. The zero-order chi connectivity index (χ0) is 15.2. The third kappa shape index (κ3) is 6.63. The van der Waals surface area contributed by atoms with E-state index in [0.29, 0.717) is 29.8 Å². The van der Waals surface area contributed by atoms with Crippen molar-refractivity contribution in [2.45, 2.75) is 25.7 Å². The predicted molar refractivity (Wildman–Crippen MR) is 87.4 cm³/mol. The van der Waals surface area contributed by atoms with E-state index in [2.05, 4.69) is 25.5 Å². The molecule has 1 rings (SSSR count). The highest BCUT2D eigenvalue weighted by molar-refractivity contribution is 8.00. The minimum atomic E-state index is -3.18. The zero-order valence-corrected chi connectivity index (χ0v) is 13.9.